The van der Waals surface area contributed by atoms with Crippen LogP contribution in [0.5, 0.6) is 0 Å². The molecule has 2 rings (SSSR count). The minimum atomic E-state index is 0.373. The Balaban J connectivity index is 1.95. The zero-order valence-electron chi connectivity index (χ0n) is 10.9. The van der Waals surface area contributed by atoms with E-state index in [4.69, 9.17) is 10.6 Å². The lowest BCUT2D eigenvalue weighted by Crippen LogP contribution is -2.24. The molecule has 1 fully saturated rings. The van der Waals surface area contributed by atoms with Crippen molar-refractivity contribution in [2.45, 2.75) is 11.9 Å². The number of aromatic nitrogens is 2. The highest BCUT2D eigenvalue weighted by atomic mass is 32.2. The highest BCUT2D eigenvalue weighted by Gasteiger charge is 2.14. The minimum Gasteiger partial charge on any atom is -0.377 e. The fourth-order valence-corrected chi connectivity index (χ4v) is 4.34. The molecular formula is C11H19N5OS2. The van der Waals surface area contributed by atoms with Crippen molar-refractivity contribution < 1.29 is 4.74 Å². The van der Waals surface area contributed by atoms with Gasteiger partial charge >= 0.3 is 0 Å². The average Bonchev–Trinajstić information content (AvgIpc) is 2.46. The van der Waals surface area contributed by atoms with Gasteiger partial charge in [0.2, 0.25) is 0 Å². The van der Waals surface area contributed by atoms with Crippen LogP contribution < -0.4 is 16.6 Å². The Bertz CT molecular complexity index is 401. The van der Waals surface area contributed by atoms with E-state index in [2.05, 4.69) is 20.7 Å². The molecule has 106 valence electrons. The molecule has 0 amide bonds. The van der Waals surface area contributed by atoms with Crippen LogP contribution in [0.15, 0.2) is 6.07 Å². The van der Waals surface area contributed by atoms with Crippen molar-refractivity contribution in [1.82, 2.24) is 9.97 Å². The highest BCUT2D eigenvalue weighted by molar-refractivity contribution is 8.06. The standard InChI is InChI=1S/C11H19N5OS2/c1-17-6-11-14-9(4-10(15-11)16-12)13-5-8-7-18-2-3-19-8/h4,8H,2-3,5-7,12H2,1H3,(H2,13,14,15,16). The first-order chi connectivity index (χ1) is 9.31. The normalized spacial score (nSPS) is 19.2. The van der Waals surface area contributed by atoms with E-state index in [1.165, 1.54) is 17.3 Å². The number of nitrogens with one attached hydrogen (secondary N) is 2. The first-order valence-corrected chi connectivity index (χ1v) is 8.29. The fourth-order valence-electron chi connectivity index (χ4n) is 1.73. The number of nitrogen functional groups attached to an aromatic ring is 1. The molecule has 0 spiro atoms. The van der Waals surface area contributed by atoms with E-state index in [1.54, 1.807) is 13.2 Å². The first kappa shape index (κ1) is 14.7. The second-order valence-electron chi connectivity index (χ2n) is 4.08. The average molecular weight is 301 g/mol. The number of methoxy groups -OCH3 is 1. The summed E-state index contributed by atoms with van der Waals surface area (Å²) in [7, 11) is 1.62. The SMILES string of the molecule is COCc1nc(NN)cc(NCC2CSCCS2)n1. The van der Waals surface area contributed by atoms with Gasteiger partial charge in [0, 0.05) is 42.2 Å². The molecule has 1 aliphatic rings. The van der Waals surface area contributed by atoms with Crippen LogP contribution in [-0.2, 0) is 11.3 Å². The molecule has 19 heavy (non-hydrogen) atoms. The predicted octanol–water partition coefficient (Wildman–Crippen LogP) is 1.17. The number of ether oxygens (including phenoxy) is 1. The quantitative estimate of drug-likeness (QED) is 0.533. The summed E-state index contributed by atoms with van der Waals surface area (Å²) in [6, 6.07) is 1.81. The molecule has 1 aromatic heterocycles. The highest BCUT2D eigenvalue weighted by Crippen LogP contribution is 2.24. The van der Waals surface area contributed by atoms with E-state index in [9.17, 15) is 0 Å². The Labute approximate surface area is 121 Å². The minimum absolute atomic E-state index is 0.373. The molecule has 8 heteroatoms. The maximum Gasteiger partial charge on any atom is 0.158 e. The second kappa shape index (κ2) is 7.78. The summed E-state index contributed by atoms with van der Waals surface area (Å²) < 4.78 is 5.05. The molecule has 6 nitrogen and oxygen atoms in total. The van der Waals surface area contributed by atoms with Gasteiger partial charge in [-0.2, -0.15) is 23.5 Å². The van der Waals surface area contributed by atoms with Crippen molar-refractivity contribution in [3.05, 3.63) is 11.9 Å². The lowest BCUT2D eigenvalue weighted by Gasteiger charge is -2.21. The molecule has 1 unspecified atom stereocenters. The Morgan fingerprint density at radius 2 is 2.26 bits per heavy atom. The van der Waals surface area contributed by atoms with Crippen molar-refractivity contribution in [3.63, 3.8) is 0 Å². The largest absolute Gasteiger partial charge is 0.377 e. The van der Waals surface area contributed by atoms with Crippen LogP contribution in [0, 0.1) is 0 Å². The van der Waals surface area contributed by atoms with Crippen molar-refractivity contribution in [2.24, 2.45) is 5.84 Å². The van der Waals surface area contributed by atoms with Crippen molar-refractivity contribution in [3.8, 4) is 0 Å². The van der Waals surface area contributed by atoms with E-state index in [0.717, 1.165) is 12.4 Å². The van der Waals surface area contributed by atoms with Gasteiger partial charge in [0.25, 0.3) is 0 Å². The van der Waals surface area contributed by atoms with Gasteiger partial charge in [-0.25, -0.2) is 15.8 Å². The van der Waals surface area contributed by atoms with Crippen LogP contribution in [-0.4, -0.2) is 46.1 Å². The molecule has 0 bridgehead atoms. The van der Waals surface area contributed by atoms with Crippen LogP contribution in [0.25, 0.3) is 0 Å². The predicted molar refractivity (Wildman–Crippen MR) is 82.6 cm³/mol. The molecule has 1 saturated heterocycles. The van der Waals surface area contributed by atoms with Crippen LogP contribution in [0.4, 0.5) is 11.6 Å². The van der Waals surface area contributed by atoms with Gasteiger partial charge in [0.05, 0.1) is 0 Å². The number of hydrogen-bond donors (Lipinski definition) is 3. The molecule has 2 heterocycles. The lowest BCUT2D eigenvalue weighted by molar-refractivity contribution is 0.178. The molecule has 0 aromatic carbocycles. The Kier molecular flexibility index (Phi) is 6.02. The number of hydrazine groups is 1. The number of hydrogen-bond acceptors (Lipinski definition) is 8. The maximum absolute atomic E-state index is 5.41. The zero-order chi connectivity index (χ0) is 13.5. The van der Waals surface area contributed by atoms with E-state index in [-0.39, 0.29) is 0 Å². The van der Waals surface area contributed by atoms with Gasteiger partial charge in [-0.1, -0.05) is 0 Å². The number of anilines is 2. The summed E-state index contributed by atoms with van der Waals surface area (Å²) in [5.74, 6) is 11.1. The Morgan fingerprint density at radius 3 is 2.95 bits per heavy atom. The molecule has 0 aliphatic carbocycles. The molecule has 0 radical (unpaired) electrons. The maximum atomic E-state index is 5.41. The second-order valence-corrected chi connectivity index (χ2v) is 6.64. The van der Waals surface area contributed by atoms with E-state index in [1.807, 2.05) is 23.5 Å². The van der Waals surface area contributed by atoms with Crippen LogP contribution in [0.3, 0.4) is 0 Å². The number of nitrogens with two attached hydrogens (primary N) is 1. The summed E-state index contributed by atoms with van der Waals surface area (Å²) in [5.41, 5.74) is 2.55. The monoisotopic (exact) mass is 301 g/mol. The first-order valence-electron chi connectivity index (χ1n) is 6.08. The van der Waals surface area contributed by atoms with Crippen LogP contribution >= 0.6 is 23.5 Å². The van der Waals surface area contributed by atoms with E-state index < -0.39 is 0 Å². The molecule has 1 aromatic rings. The number of thioether (sulfide) groups is 2. The Hall–Kier alpha value is -0.700. The third-order valence-corrected chi connectivity index (χ3v) is 5.43. The summed E-state index contributed by atoms with van der Waals surface area (Å²) in [6.07, 6.45) is 0. The number of rotatable bonds is 6. The summed E-state index contributed by atoms with van der Waals surface area (Å²) in [6.45, 7) is 1.28. The lowest BCUT2D eigenvalue weighted by atomic mass is 10.4. The summed E-state index contributed by atoms with van der Waals surface area (Å²) in [4.78, 5) is 8.61. The van der Waals surface area contributed by atoms with Crippen LogP contribution in [0.1, 0.15) is 5.82 Å². The van der Waals surface area contributed by atoms with Gasteiger partial charge in [0.15, 0.2) is 5.82 Å². The molecule has 1 atom stereocenters. The molecule has 4 N–H and O–H groups in total. The zero-order valence-corrected chi connectivity index (χ0v) is 12.5. The smallest absolute Gasteiger partial charge is 0.158 e. The number of nitrogens with zero attached hydrogens (tertiary/aromatic N) is 2. The van der Waals surface area contributed by atoms with Gasteiger partial charge in [-0.3, -0.25) is 0 Å². The van der Waals surface area contributed by atoms with Crippen molar-refractivity contribution >= 4 is 35.2 Å². The van der Waals surface area contributed by atoms with Gasteiger partial charge in [-0.15, -0.1) is 0 Å². The van der Waals surface area contributed by atoms with Gasteiger partial charge in [0.1, 0.15) is 18.2 Å². The summed E-state index contributed by atoms with van der Waals surface area (Å²) >= 11 is 4.03. The van der Waals surface area contributed by atoms with Crippen LogP contribution in [0.2, 0.25) is 0 Å². The van der Waals surface area contributed by atoms with E-state index >= 15 is 0 Å². The fraction of sp³-hybridized carbons (Fsp3) is 0.636. The van der Waals surface area contributed by atoms with Crippen molar-refractivity contribution in [1.29, 1.82) is 0 Å². The Morgan fingerprint density at radius 1 is 1.42 bits per heavy atom. The summed E-state index contributed by atoms with van der Waals surface area (Å²) in [5, 5.41) is 3.98. The van der Waals surface area contributed by atoms with Crippen molar-refractivity contribution in [2.75, 3.05) is 41.7 Å². The molecule has 1 aliphatic heterocycles. The third-order valence-electron chi connectivity index (χ3n) is 2.59. The third kappa shape index (κ3) is 4.72. The van der Waals surface area contributed by atoms with Gasteiger partial charge < -0.3 is 15.5 Å². The van der Waals surface area contributed by atoms with Gasteiger partial charge in [-0.05, 0) is 0 Å². The topological polar surface area (TPSA) is 85.1 Å². The molecular weight excluding hydrogens is 282 g/mol. The van der Waals surface area contributed by atoms with E-state index in [0.29, 0.717) is 23.5 Å². The molecule has 0 saturated carbocycles.